The number of thiazole rings is 1. The molecule has 1 aliphatic carbocycles. The Balaban J connectivity index is 1.75. The van der Waals surface area contributed by atoms with Gasteiger partial charge in [0.25, 0.3) is 5.95 Å². The van der Waals surface area contributed by atoms with Crippen molar-refractivity contribution in [1.29, 1.82) is 0 Å². The Labute approximate surface area is 137 Å². The van der Waals surface area contributed by atoms with Crippen LogP contribution in [0.2, 0.25) is 0 Å². The number of hydrogen-bond donors (Lipinski definition) is 1. The average Bonchev–Trinajstić information content (AvgIpc) is 3.23. The fraction of sp³-hybridized carbons (Fsp3) is 0.286. The van der Waals surface area contributed by atoms with E-state index in [0.717, 1.165) is 17.0 Å². The Morgan fingerprint density at radius 2 is 2.13 bits per heavy atom. The summed E-state index contributed by atoms with van der Waals surface area (Å²) in [7, 11) is -1.75. The van der Waals surface area contributed by atoms with Crippen LogP contribution < -0.4 is 9.46 Å². The van der Waals surface area contributed by atoms with Crippen molar-refractivity contribution in [2.75, 3.05) is 11.8 Å². The number of aromatic nitrogens is 3. The van der Waals surface area contributed by atoms with Crippen molar-refractivity contribution >= 4 is 32.3 Å². The SMILES string of the molecule is COc1ccccc1-c1csc2nc(NS(=O)(=O)C3CC3)nn12. The van der Waals surface area contributed by atoms with E-state index in [1.165, 1.54) is 11.3 Å². The van der Waals surface area contributed by atoms with Gasteiger partial charge in [0.05, 0.1) is 18.1 Å². The highest BCUT2D eigenvalue weighted by Crippen LogP contribution is 2.33. The minimum absolute atomic E-state index is 0.111. The first-order chi connectivity index (χ1) is 11.1. The summed E-state index contributed by atoms with van der Waals surface area (Å²) in [5.74, 6) is 0.836. The number of rotatable bonds is 5. The van der Waals surface area contributed by atoms with Crippen LogP contribution in [0.5, 0.6) is 5.75 Å². The molecule has 0 bridgehead atoms. The molecule has 4 rings (SSSR count). The van der Waals surface area contributed by atoms with E-state index in [-0.39, 0.29) is 11.2 Å². The van der Waals surface area contributed by atoms with Gasteiger partial charge < -0.3 is 4.74 Å². The summed E-state index contributed by atoms with van der Waals surface area (Å²) in [6, 6.07) is 7.60. The molecule has 1 aromatic carbocycles. The lowest BCUT2D eigenvalue weighted by Crippen LogP contribution is -2.18. The topological polar surface area (TPSA) is 85.6 Å². The molecule has 2 aromatic heterocycles. The van der Waals surface area contributed by atoms with Gasteiger partial charge in [-0.25, -0.2) is 17.7 Å². The van der Waals surface area contributed by atoms with Crippen molar-refractivity contribution in [3.63, 3.8) is 0 Å². The molecule has 120 valence electrons. The monoisotopic (exact) mass is 350 g/mol. The molecule has 0 radical (unpaired) electrons. The van der Waals surface area contributed by atoms with Crippen molar-refractivity contribution in [2.45, 2.75) is 18.1 Å². The number of ether oxygens (including phenoxy) is 1. The summed E-state index contributed by atoms with van der Waals surface area (Å²) in [5.41, 5.74) is 1.69. The standard InChI is InChI=1S/C14H14N4O3S2/c1-21-12-5-3-2-4-10(12)11-8-22-14-15-13(16-18(11)14)17-23(19,20)9-6-7-9/h2-5,8-9H,6-7H2,1H3,(H,16,17). The van der Waals surface area contributed by atoms with Gasteiger partial charge in [0.1, 0.15) is 5.75 Å². The van der Waals surface area contributed by atoms with Gasteiger partial charge >= 0.3 is 0 Å². The summed E-state index contributed by atoms with van der Waals surface area (Å²) in [5, 5.41) is 5.91. The Morgan fingerprint density at radius 3 is 2.87 bits per heavy atom. The van der Waals surface area contributed by atoms with E-state index in [4.69, 9.17) is 4.74 Å². The highest BCUT2D eigenvalue weighted by Gasteiger charge is 2.36. The molecular weight excluding hydrogens is 336 g/mol. The normalized spacial score (nSPS) is 15.0. The van der Waals surface area contributed by atoms with E-state index in [9.17, 15) is 8.42 Å². The molecule has 2 heterocycles. The van der Waals surface area contributed by atoms with Crippen LogP contribution in [0.25, 0.3) is 16.2 Å². The van der Waals surface area contributed by atoms with Crippen molar-refractivity contribution in [2.24, 2.45) is 0 Å². The van der Waals surface area contributed by atoms with E-state index in [1.54, 1.807) is 11.6 Å². The zero-order valence-electron chi connectivity index (χ0n) is 12.3. The first-order valence-corrected chi connectivity index (χ1v) is 9.50. The van der Waals surface area contributed by atoms with Crippen molar-refractivity contribution < 1.29 is 13.2 Å². The van der Waals surface area contributed by atoms with Crippen LogP contribution in [0.1, 0.15) is 12.8 Å². The summed E-state index contributed by atoms with van der Waals surface area (Å²) < 4.78 is 33.5. The van der Waals surface area contributed by atoms with E-state index >= 15 is 0 Å². The highest BCUT2D eigenvalue weighted by atomic mass is 32.2. The number of fused-ring (bicyclic) bond motifs is 1. The molecule has 7 nitrogen and oxygen atoms in total. The van der Waals surface area contributed by atoms with Crippen LogP contribution in [0.15, 0.2) is 29.6 Å². The fourth-order valence-corrected chi connectivity index (χ4v) is 4.44. The summed E-state index contributed by atoms with van der Waals surface area (Å²) in [6.07, 6.45) is 1.40. The van der Waals surface area contributed by atoms with Gasteiger partial charge in [0.15, 0.2) is 0 Å². The maximum Gasteiger partial charge on any atom is 0.257 e. The molecule has 0 aliphatic heterocycles. The molecule has 1 aliphatic rings. The second-order valence-corrected chi connectivity index (χ2v) is 8.09. The number of para-hydroxylation sites is 1. The van der Waals surface area contributed by atoms with Gasteiger partial charge in [-0.05, 0) is 25.0 Å². The predicted octanol–water partition coefficient (Wildman–Crippen LogP) is 2.37. The largest absolute Gasteiger partial charge is 0.496 e. The van der Waals surface area contributed by atoms with Gasteiger partial charge in [-0.3, -0.25) is 0 Å². The molecular formula is C14H14N4O3S2. The van der Waals surface area contributed by atoms with Crippen LogP contribution in [0.4, 0.5) is 5.95 Å². The summed E-state index contributed by atoms with van der Waals surface area (Å²) >= 11 is 1.40. The highest BCUT2D eigenvalue weighted by molar-refractivity contribution is 7.93. The molecule has 0 spiro atoms. The quantitative estimate of drug-likeness (QED) is 0.763. The number of nitrogens with zero attached hydrogens (tertiary/aromatic N) is 3. The molecule has 1 fully saturated rings. The average molecular weight is 350 g/mol. The Kier molecular flexibility index (Phi) is 3.27. The maximum atomic E-state index is 12.0. The molecule has 3 aromatic rings. The minimum Gasteiger partial charge on any atom is -0.496 e. The zero-order valence-corrected chi connectivity index (χ0v) is 13.9. The van der Waals surface area contributed by atoms with E-state index in [0.29, 0.717) is 17.8 Å². The van der Waals surface area contributed by atoms with Crippen LogP contribution in [0.3, 0.4) is 0 Å². The third kappa shape index (κ3) is 2.55. The fourth-order valence-electron chi connectivity index (χ4n) is 2.36. The molecule has 0 unspecified atom stereocenters. The van der Waals surface area contributed by atoms with Crippen LogP contribution in [0, 0.1) is 0 Å². The second kappa shape index (κ2) is 5.20. The molecule has 23 heavy (non-hydrogen) atoms. The van der Waals surface area contributed by atoms with Crippen molar-refractivity contribution in [3.8, 4) is 17.0 Å². The Morgan fingerprint density at radius 1 is 1.35 bits per heavy atom. The lowest BCUT2D eigenvalue weighted by Gasteiger charge is -2.06. The van der Waals surface area contributed by atoms with Gasteiger partial charge in [-0.2, -0.15) is 4.98 Å². The van der Waals surface area contributed by atoms with Crippen LogP contribution in [-0.4, -0.2) is 35.4 Å². The van der Waals surface area contributed by atoms with Gasteiger partial charge in [0.2, 0.25) is 15.0 Å². The molecule has 0 atom stereocenters. The lowest BCUT2D eigenvalue weighted by atomic mass is 10.1. The molecule has 1 N–H and O–H groups in total. The van der Waals surface area contributed by atoms with Gasteiger partial charge in [-0.1, -0.05) is 12.1 Å². The zero-order chi connectivity index (χ0) is 16.0. The second-order valence-electron chi connectivity index (χ2n) is 5.30. The number of nitrogens with one attached hydrogen (secondary N) is 1. The van der Waals surface area contributed by atoms with Crippen molar-refractivity contribution in [1.82, 2.24) is 14.6 Å². The number of methoxy groups -OCH3 is 1. The first-order valence-electron chi connectivity index (χ1n) is 7.08. The number of anilines is 1. The number of hydrogen-bond acceptors (Lipinski definition) is 6. The number of benzene rings is 1. The van der Waals surface area contributed by atoms with E-state index in [1.807, 2.05) is 29.6 Å². The smallest absolute Gasteiger partial charge is 0.257 e. The first kappa shape index (κ1) is 14.5. The molecule has 0 amide bonds. The number of sulfonamides is 1. The third-order valence-corrected chi connectivity index (χ3v) is 6.29. The summed E-state index contributed by atoms with van der Waals surface area (Å²) in [6.45, 7) is 0. The maximum absolute atomic E-state index is 12.0. The Bertz CT molecular complexity index is 973. The molecule has 9 heteroatoms. The molecule has 0 saturated heterocycles. The van der Waals surface area contributed by atoms with Gasteiger partial charge in [-0.15, -0.1) is 16.4 Å². The van der Waals surface area contributed by atoms with Crippen molar-refractivity contribution in [3.05, 3.63) is 29.6 Å². The lowest BCUT2D eigenvalue weighted by molar-refractivity contribution is 0.416. The predicted molar refractivity (Wildman–Crippen MR) is 88.4 cm³/mol. The molecule has 1 saturated carbocycles. The van der Waals surface area contributed by atoms with E-state index in [2.05, 4.69) is 14.8 Å². The minimum atomic E-state index is -3.36. The summed E-state index contributed by atoms with van der Waals surface area (Å²) in [4.78, 5) is 4.87. The third-order valence-electron chi connectivity index (χ3n) is 3.66. The van der Waals surface area contributed by atoms with Gasteiger partial charge in [0, 0.05) is 10.9 Å². The Hall–Kier alpha value is -2.13. The van der Waals surface area contributed by atoms with Crippen LogP contribution >= 0.6 is 11.3 Å². The van der Waals surface area contributed by atoms with E-state index < -0.39 is 10.0 Å². The van der Waals surface area contributed by atoms with Crippen LogP contribution in [-0.2, 0) is 10.0 Å².